The first-order chi connectivity index (χ1) is 9.69. The molecular weight excluding hydrogens is 274 g/mol. The maximum atomic E-state index is 12.0. The van der Waals surface area contributed by atoms with Crippen LogP contribution in [0, 0.1) is 17.2 Å². The summed E-state index contributed by atoms with van der Waals surface area (Å²) < 4.78 is 0. The van der Waals surface area contributed by atoms with Gasteiger partial charge in [-0.15, -0.1) is 0 Å². The van der Waals surface area contributed by atoms with Crippen LogP contribution in [0.4, 0.5) is 5.69 Å². The number of nitrogens with zero attached hydrogens (tertiary/aromatic N) is 1. The molecule has 1 saturated heterocycles. The smallest absolute Gasteiger partial charge is 0.224 e. The lowest BCUT2D eigenvalue weighted by atomic mass is 9.94. The minimum Gasteiger partial charge on any atom is -0.325 e. The molecule has 1 aromatic rings. The summed E-state index contributed by atoms with van der Waals surface area (Å²) in [7, 11) is 0. The van der Waals surface area contributed by atoms with Gasteiger partial charge in [-0.3, -0.25) is 4.79 Å². The Morgan fingerprint density at radius 3 is 3.10 bits per heavy atom. The van der Waals surface area contributed by atoms with Crippen LogP contribution in [0.15, 0.2) is 18.2 Å². The Morgan fingerprint density at radius 1 is 1.55 bits per heavy atom. The molecule has 2 N–H and O–H groups in total. The Labute approximate surface area is 124 Å². The van der Waals surface area contributed by atoms with Gasteiger partial charge in [0.25, 0.3) is 0 Å². The number of carbonyl (C=O) groups excluding carboxylic acids is 1. The van der Waals surface area contributed by atoms with Crippen LogP contribution >= 0.6 is 11.6 Å². The minimum absolute atomic E-state index is 0.0608. The van der Waals surface area contributed by atoms with Gasteiger partial charge >= 0.3 is 0 Å². The van der Waals surface area contributed by atoms with E-state index in [1.54, 1.807) is 18.2 Å². The molecule has 0 aliphatic carbocycles. The third-order valence-corrected chi connectivity index (χ3v) is 3.79. The van der Waals surface area contributed by atoms with Gasteiger partial charge in [-0.1, -0.05) is 11.6 Å². The lowest BCUT2D eigenvalue weighted by molar-refractivity contribution is -0.116. The van der Waals surface area contributed by atoms with E-state index in [1.165, 1.54) is 12.8 Å². The number of amides is 1. The monoisotopic (exact) mass is 291 g/mol. The zero-order chi connectivity index (χ0) is 14.4. The first-order valence-electron chi connectivity index (χ1n) is 6.89. The quantitative estimate of drug-likeness (QED) is 0.896. The van der Waals surface area contributed by atoms with Gasteiger partial charge in [-0.05, 0) is 56.5 Å². The molecule has 20 heavy (non-hydrogen) atoms. The van der Waals surface area contributed by atoms with Crippen molar-refractivity contribution in [3.63, 3.8) is 0 Å². The number of hydrogen-bond donors (Lipinski definition) is 2. The molecule has 1 aliphatic rings. The average molecular weight is 292 g/mol. The van der Waals surface area contributed by atoms with Crippen LogP contribution in [0.3, 0.4) is 0 Å². The van der Waals surface area contributed by atoms with Crippen molar-refractivity contribution in [2.45, 2.75) is 25.7 Å². The summed E-state index contributed by atoms with van der Waals surface area (Å²) in [6, 6.07) is 6.92. The molecule has 0 bridgehead atoms. The highest BCUT2D eigenvalue weighted by molar-refractivity contribution is 6.31. The zero-order valence-electron chi connectivity index (χ0n) is 11.3. The minimum atomic E-state index is -0.0608. The van der Waals surface area contributed by atoms with E-state index in [4.69, 9.17) is 16.9 Å². The molecule has 1 fully saturated rings. The highest BCUT2D eigenvalue weighted by Gasteiger charge is 2.15. The van der Waals surface area contributed by atoms with E-state index >= 15 is 0 Å². The van der Waals surface area contributed by atoms with Crippen LogP contribution in [0.5, 0.6) is 0 Å². The van der Waals surface area contributed by atoms with Gasteiger partial charge in [-0.2, -0.15) is 5.26 Å². The predicted octanol–water partition coefficient (Wildman–Crippen LogP) is 2.93. The number of carbonyl (C=O) groups is 1. The van der Waals surface area contributed by atoms with E-state index in [2.05, 4.69) is 16.7 Å². The summed E-state index contributed by atoms with van der Waals surface area (Å²) in [5.41, 5.74) is 0.925. The van der Waals surface area contributed by atoms with Crippen LogP contribution < -0.4 is 10.6 Å². The Balaban J connectivity index is 1.88. The van der Waals surface area contributed by atoms with Crippen molar-refractivity contribution >= 4 is 23.2 Å². The van der Waals surface area contributed by atoms with E-state index < -0.39 is 0 Å². The molecule has 1 unspecified atom stereocenters. The van der Waals surface area contributed by atoms with Crippen molar-refractivity contribution in [1.29, 1.82) is 5.26 Å². The van der Waals surface area contributed by atoms with Gasteiger partial charge in [0.15, 0.2) is 0 Å². The highest BCUT2D eigenvalue weighted by atomic mass is 35.5. The second kappa shape index (κ2) is 7.28. The topological polar surface area (TPSA) is 64.9 Å². The molecule has 0 spiro atoms. The number of benzene rings is 1. The van der Waals surface area contributed by atoms with Gasteiger partial charge in [0, 0.05) is 11.4 Å². The van der Waals surface area contributed by atoms with Crippen molar-refractivity contribution in [3.05, 3.63) is 28.8 Å². The Bertz CT molecular complexity index is 518. The highest BCUT2D eigenvalue weighted by Crippen LogP contribution is 2.21. The summed E-state index contributed by atoms with van der Waals surface area (Å²) in [6.07, 6.45) is 3.71. The number of nitriles is 1. The first-order valence-corrected chi connectivity index (χ1v) is 7.27. The Hall–Kier alpha value is -1.57. The summed E-state index contributed by atoms with van der Waals surface area (Å²) in [5, 5.41) is 15.6. The summed E-state index contributed by atoms with van der Waals surface area (Å²) in [5.74, 6) is 0.513. The lowest BCUT2D eigenvalue weighted by Gasteiger charge is -2.22. The van der Waals surface area contributed by atoms with Gasteiger partial charge < -0.3 is 10.6 Å². The number of piperidine rings is 1. The van der Waals surface area contributed by atoms with E-state index in [0.29, 0.717) is 28.6 Å². The van der Waals surface area contributed by atoms with Crippen molar-refractivity contribution in [1.82, 2.24) is 5.32 Å². The van der Waals surface area contributed by atoms with Gasteiger partial charge in [-0.25, -0.2) is 0 Å². The fourth-order valence-corrected chi connectivity index (χ4v) is 2.61. The molecule has 4 nitrogen and oxygen atoms in total. The first kappa shape index (κ1) is 14.8. The van der Waals surface area contributed by atoms with Crippen LogP contribution in [-0.2, 0) is 4.79 Å². The fraction of sp³-hybridized carbons (Fsp3) is 0.467. The summed E-state index contributed by atoms with van der Waals surface area (Å²) in [4.78, 5) is 12.0. The second-order valence-corrected chi connectivity index (χ2v) is 5.54. The summed E-state index contributed by atoms with van der Waals surface area (Å²) in [6.45, 7) is 2.07. The molecule has 0 radical (unpaired) electrons. The maximum Gasteiger partial charge on any atom is 0.224 e. The molecule has 0 saturated carbocycles. The van der Waals surface area contributed by atoms with Crippen LogP contribution in [0.25, 0.3) is 0 Å². The zero-order valence-corrected chi connectivity index (χ0v) is 12.0. The molecule has 1 heterocycles. The van der Waals surface area contributed by atoms with Crippen molar-refractivity contribution in [2.24, 2.45) is 5.92 Å². The molecule has 5 heteroatoms. The van der Waals surface area contributed by atoms with E-state index in [1.807, 2.05) is 0 Å². The second-order valence-electron chi connectivity index (χ2n) is 5.10. The number of hydrogen-bond acceptors (Lipinski definition) is 3. The van der Waals surface area contributed by atoms with Crippen molar-refractivity contribution < 1.29 is 4.79 Å². The SMILES string of the molecule is N#Cc1ccc(Cl)cc1NC(=O)CCC1CCCNC1. The Kier molecular flexibility index (Phi) is 5.40. The third-order valence-electron chi connectivity index (χ3n) is 3.55. The number of nitrogens with one attached hydrogen (secondary N) is 2. The molecule has 1 aromatic carbocycles. The van der Waals surface area contributed by atoms with Crippen LogP contribution in [0.1, 0.15) is 31.2 Å². The van der Waals surface area contributed by atoms with Crippen LogP contribution in [0.2, 0.25) is 5.02 Å². The molecule has 2 rings (SSSR count). The number of halogens is 1. The molecule has 1 atom stereocenters. The number of rotatable bonds is 4. The van der Waals surface area contributed by atoms with E-state index in [0.717, 1.165) is 19.5 Å². The largest absolute Gasteiger partial charge is 0.325 e. The van der Waals surface area contributed by atoms with Gasteiger partial charge in [0.1, 0.15) is 6.07 Å². The molecule has 106 valence electrons. The molecule has 1 amide bonds. The Morgan fingerprint density at radius 2 is 2.40 bits per heavy atom. The van der Waals surface area contributed by atoms with Crippen molar-refractivity contribution in [3.8, 4) is 6.07 Å². The normalized spacial score (nSPS) is 18.3. The molecular formula is C15H18ClN3O. The summed E-state index contributed by atoms with van der Waals surface area (Å²) >= 11 is 5.89. The van der Waals surface area contributed by atoms with E-state index in [-0.39, 0.29) is 5.91 Å². The fourth-order valence-electron chi connectivity index (χ4n) is 2.44. The van der Waals surface area contributed by atoms with Crippen LogP contribution in [-0.4, -0.2) is 19.0 Å². The average Bonchev–Trinajstić information content (AvgIpc) is 2.46. The maximum absolute atomic E-state index is 12.0. The lowest BCUT2D eigenvalue weighted by Crippen LogP contribution is -2.30. The van der Waals surface area contributed by atoms with E-state index in [9.17, 15) is 4.79 Å². The number of anilines is 1. The predicted molar refractivity (Wildman–Crippen MR) is 79.6 cm³/mol. The third kappa shape index (κ3) is 4.22. The molecule has 0 aromatic heterocycles. The van der Waals surface area contributed by atoms with Gasteiger partial charge in [0.2, 0.25) is 5.91 Å². The standard InChI is InChI=1S/C15H18ClN3O/c16-13-5-4-12(9-17)14(8-13)19-15(20)6-3-11-2-1-7-18-10-11/h4-5,8,11,18H,1-3,6-7,10H2,(H,19,20). The molecule has 1 aliphatic heterocycles. The van der Waals surface area contributed by atoms with Crippen molar-refractivity contribution in [2.75, 3.05) is 18.4 Å². The van der Waals surface area contributed by atoms with Gasteiger partial charge in [0.05, 0.1) is 11.3 Å².